The average Bonchev–Trinajstić information content (AvgIpc) is 3.27. The molecule has 0 amide bonds. The van der Waals surface area contributed by atoms with Gasteiger partial charge >= 0.3 is 12.1 Å². The predicted octanol–water partition coefficient (Wildman–Crippen LogP) is 2.89. The van der Waals surface area contributed by atoms with Crippen molar-refractivity contribution in [3.8, 4) is 5.82 Å². The summed E-state index contributed by atoms with van der Waals surface area (Å²) in [5.41, 5.74) is -0.519. The Labute approximate surface area is 152 Å². The molecule has 3 aromatic rings. The molecule has 0 aromatic carbocycles. The monoisotopic (exact) mass is 379 g/mol. The maximum Gasteiger partial charge on any atom is 0.417 e. The Balaban J connectivity index is 1.54. The summed E-state index contributed by atoms with van der Waals surface area (Å²) in [5.74, 6) is 0.282. The minimum atomic E-state index is -4.43. The number of nitrogens with zero attached hydrogens (tertiary/aromatic N) is 4. The van der Waals surface area contributed by atoms with Crippen LogP contribution in [0.4, 0.5) is 19.0 Å². The van der Waals surface area contributed by atoms with E-state index in [1.165, 1.54) is 12.3 Å². The van der Waals surface area contributed by atoms with E-state index >= 15 is 0 Å². The molecule has 7 nitrogen and oxygen atoms in total. The van der Waals surface area contributed by atoms with Crippen LogP contribution in [0.5, 0.6) is 0 Å². The van der Waals surface area contributed by atoms with Crippen molar-refractivity contribution in [1.82, 2.24) is 19.3 Å². The van der Waals surface area contributed by atoms with Gasteiger partial charge in [-0.15, -0.1) is 0 Å². The quantitative estimate of drug-likeness (QED) is 0.527. The van der Waals surface area contributed by atoms with Crippen LogP contribution in [0.2, 0.25) is 0 Å². The number of rotatable bonds is 6. The summed E-state index contributed by atoms with van der Waals surface area (Å²) < 4.78 is 46.0. The number of anilines is 1. The number of aryl methyl sites for hydroxylation is 1. The molecule has 0 saturated carbocycles. The van der Waals surface area contributed by atoms with Crippen LogP contribution in [0.1, 0.15) is 15.9 Å². The highest BCUT2D eigenvalue weighted by molar-refractivity contribution is 5.92. The lowest BCUT2D eigenvalue weighted by molar-refractivity contribution is -0.137. The van der Waals surface area contributed by atoms with Crippen molar-refractivity contribution in [1.29, 1.82) is 0 Å². The number of nitrogens with one attached hydrogen (secondary N) is 1. The van der Waals surface area contributed by atoms with Crippen molar-refractivity contribution >= 4 is 11.8 Å². The van der Waals surface area contributed by atoms with E-state index in [9.17, 15) is 18.0 Å². The van der Waals surface area contributed by atoms with Gasteiger partial charge < -0.3 is 14.6 Å². The highest BCUT2D eigenvalue weighted by atomic mass is 19.4. The van der Waals surface area contributed by atoms with Crippen LogP contribution in [0.15, 0.2) is 49.1 Å². The van der Waals surface area contributed by atoms with Crippen molar-refractivity contribution in [2.75, 3.05) is 18.5 Å². The first kappa shape index (κ1) is 18.5. The first-order chi connectivity index (χ1) is 12.9. The molecule has 27 heavy (non-hydrogen) atoms. The lowest BCUT2D eigenvalue weighted by Crippen LogP contribution is -2.16. The third kappa shape index (κ3) is 4.27. The molecule has 0 atom stereocenters. The molecule has 0 radical (unpaired) electrons. The van der Waals surface area contributed by atoms with E-state index in [1.54, 1.807) is 28.7 Å². The Hall–Kier alpha value is -3.30. The zero-order chi connectivity index (χ0) is 19.4. The molecule has 1 N–H and O–H groups in total. The van der Waals surface area contributed by atoms with Gasteiger partial charge in [0.05, 0.1) is 18.3 Å². The normalized spacial score (nSPS) is 11.4. The number of esters is 1. The number of pyridine rings is 1. The third-order valence-corrected chi connectivity index (χ3v) is 3.71. The van der Waals surface area contributed by atoms with Crippen molar-refractivity contribution < 1.29 is 22.7 Å². The predicted molar refractivity (Wildman–Crippen MR) is 90.5 cm³/mol. The number of ether oxygens (including phenoxy) is 1. The molecule has 0 fully saturated rings. The highest BCUT2D eigenvalue weighted by Gasteiger charge is 2.30. The largest absolute Gasteiger partial charge is 0.460 e. The van der Waals surface area contributed by atoms with Crippen molar-refractivity contribution in [2.45, 2.75) is 6.18 Å². The Bertz CT molecular complexity index is 902. The maximum absolute atomic E-state index is 12.5. The van der Waals surface area contributed by atoms with Crippen molar-refractivity contribution in [3.05, 3.63) is 60.2 Å². The van der Waals surface area contributed by atoms with Gasteiger partial charge in [-0.25, -0.2) is 9.78 Å². The van der Waals surface area contributed by atoms with E-state index < -0.39 is 17.7 Å². The Morgan fingerprint density at radius 3 is 2.59 bits per heavy atom. The minimum absolute atomic E-state index is 0.0154. The van der Waals surface area contributed by atoms with Gasteiger partial charge in [0.15, 0.2) is 0 Å². The SMILES string of the molecule is Cn1ncc(C(=O)OCCNc2ccc(C(F)(F)F)cn2)c1-n1cccc1. The number of alkyl halides is 3. The third-order valence-electron chi connectivity index (χ3n) is 3.71. The summed E-state index contributed by atoms with van der Waals surface area (Å²) in [6.07, 6.45) is 1.30. The van der Waals surface area contributed by atoms with Crippen LogP contribution in [-0.4, -0.2) is 38.5 Å². The first-order valence-corrected chi connectivity index (χ1v) is 7.96. The number of halogens is 3. The summed E-state index contributed by atoms with van der Waals surface area (Å²) in [4.78, 5) is 16.0. The summed E-state index contributed by atoms with van der Waals surface area (Å²) in [6, 6.07) is 5.79. The van der Waals surface area contributed by atoms with E-state index in [1.807, 2.05) is 12.1 Å². The van der Waals surface area contributed by atoms with Crippen LogP contribution in [0.25, 0.3) is 5.82 Å². The second-order valence-corrected chi connectivity index (χ2v) is 5.59. The maximum atomic E-state index is 12.5. The minimum Gasteiger partial charge on any atom is -0.460 e. The highest BCUT2D eigenvalue weighted by Crippen LogP contribution is 2.28. The van der Waals surface area contributed by atoms with Crippen LogP contribution < -0.4 is 5.32 Å². The zero-order valence-corrected chi connectivity index (χ0v) is 14.3. The molecule has 3 rings (SSSR count). The molecule has 10 heteroatoms. The van der Waals surface area contributed by atoms with Crippen LogP contribution in [0, 0.1) is 0 Å². The number of carbonyl (C=O) groups is 1. The molecule has 0 bridgehead atoms. The molecule has 142 valence electrons. The Morgan fingerprint density at radius 2 is 1.96 bits per heavy atom. The molecular weight excluding hydrogens is 363 g/mol. The second kappa shape index (κ2) is 7.52. The second-order valence-electron chi connectivity index (χ2n) is 5.59. The summed E-state index contributed by atoms with van der Waals surface area (Å²) in [5, 5.41) is 6.87. The molecule has 0 aliphatic heterocycles. The van der Waals surface area contributed by atoms with Gasteiger partial charge in [0.1, 0.15) is 23.8 Å². The van der Waals surface area contributed by atoms with Crippen molar-refractivity contribution in [3.63, 3.8) is 0 Å². The van der Waals surface area contributed by atoms with Crippen molar-refractivity contribution in [2.24, 2.45) is 7.05 Å². The molecule has 0 saturated heterocycles. The van der Waals surface area contributed by atoms with Gasteiger partial charge in [-0.2, -0.15) is 18.3 Å². The van der Waals surface area contributed by atoms with E-state index in [4.69, 9.17) is 4.74 Å². The Kier molecular flexibility index (Phi) is 5.15. The first-order valence-electron chi connectivity index (χ1n) is 7.96. The van der Waals surface area contributed by atoms with E-state index in [0.29, 0.717) is 11.4 Å². The van der Waals surface area contributed by atoms with Crippen LogP contribution in [0.3, 0.4) is 0 Å². The molecule has 3 heterocycles. The molecule has 0 aliphatic rings. The van der Waals surface area contributed by atoms with Gasteiger partial charge in [-0.05, 0) is 24.3 Å². The van der Waals surface area contributed by atoms with E-state index in [0.717, 1.165) is 12.3 Å². The molecule has 3 aromatic heterocycles. The molecule has 0 unspecified atom stereocenters. The number of aromatic nitrogens is 4. The lowest BCUT2D eigenvalue weighted by atomic mass is 10.3. The fourth-order valence-electron chi connectivity index (χ4n) is 2.42. The number of carbonyl (C=O) groups excluding carboxylic acids is 1. The van der Waals surface area contributed by atoms with Gasteiger partial charge in [0.25, 0.3) is 0 Å². The Morgan fingerprint density at radius 1 is 1.22 bits per heavy atom. The number of hydrogen-bond acceptors (Lipinski definition) is 5. The standard InChI is InChI=1S/C17H16F3N5O2/c1-24-15(25-7-2-3-8-25)13(11-23-24)16(26)27-9-6-21-14-5-4-12(10-22-14)17(18,19)20/h2-5,7-8,10-11H,6,9H2,1H3,(H,21,22). The summed E-state index contributed by atoms with van der Waals surface area (Å²) >= 11 is 0. The van der Waals surface area contributed by atoms with Crippen LogP contribution >= 0.6 is 0 Å². The van der Waals surface area contributed by atoms with E-state index in [-0.39, 0.29) is 19.0 Å². The van der Waals surface area contributed by atoms with Gasteiger partial charge in [0, 0.05) is 25.6 Å². The fraction of sp³-hybridized carbons (Fsp3) is 0.235. The summed E-state index contributed by atoms with van der Waals surface area (Å²) in [6.45, 7) is 0.213. The van der Waals surface area contributed by atoms with E-state index in [2.05, 4.69) is 15.4 Å². The van der Waals surface area contributed by atoms with Gasteiger partial charge in [-0.3, -0.25) is 4.68 Å². The molecule has 0 aliphatic carbocycles. The summed E-state index contributed by atoms with van der Waals surface area (Å²) in [7, 11) is 1.71. The van der Waals surface area contributed by atoms with Crippen LogP contribution in [-0.2, 0) is 18.0 Å². The lowest BCUT2D eigenvalue weighted by Gasteiger charge is -2.10. The average molecular weight is 379 g/mol. The van der Waals surface area contributed by atoms with Gasteiger partial charge in [-0.1, -0.05) is 0 Å². The fourth-order valence-corrected chi connectivity index (χ4v) is 2.42. The zero-order valence-electron chi connectivity index (χ0n) is 14.3. The topological polar surface area (TPSA) is 74.0 Å². The smallest absolute Gasteiger partial charge is 0.417 e. The molecular formula is C17H16F3N5O2. The molecule has 0 spiro atoms. The number of hydrogen-bond donors (Lipinski definition) is 1. The van der Waals surface area contributed by atoms with Gasteiger partial charge in [0.2, 0.25) is 0 Å².